The van der Waals surface area contributed by atoms with Gasteiger partial charge in [-0.2, -0.15) is 0 Å². The van der Waals surface area contributed by atoms with Crippen LogP contribution in [0.25, 0.3) is 22.6 Å². The molecule has 0 aliphatic carbocycles. The highest BCUT2D eigenvalue weighted by molar-refractivity contribution is 5.63. The van der Waals surface area contributed by atoms with Gasteiger partial charge < -0.3 is 9.47 Å². The molecule has 3 aromatic rings. The third-order valence-electron chi connectivity index (χ3n) is 5.74. The molecule has 3 rings (SSSR count). The number of halogens is 1. The van der Waals surface area contributed by atoms with E-state index in [1.54, 1.807) is 13.3 Å². The molecule has 0 radical (unpaired) electrons. The Bertz CT molecular complexity index is 947. The summed E-state index contributed by atoms with van der Waals surface area (Å²) < 4.78 is 24.7. The molecule has 6 heteroatoms. The fourth-order valence-corrected chi connectivity index (χ4v) is 3.69. The second kappa shape index (κ2) is 14.4. The van der Waals surface area contributed by atoms with E-state index in [1.165, 1.54) is 24.8 Å². The van der Waals surface area contributed by atoms with Crippen molar-refractivity contribution in [3.05, 3.63) is 60.6 Å². The van der Waals surface area contributed by atoms with Crippen LogP contribution in [-0.2, 0) is 11.2 Å². The monoisotopic (exact) mass is 465 g/mol. The molecular weight excluding hydrogens is 429 g/mol. The third kappa shape index (κ3) is 8.49. The summed E-state index contributed by atoms with van der Waals surface area (Å²) in [5.74, 6) is 1.34. The first kappa shape index (κ1) is 25.8. The molecule has 0 N–H and O–H groups in total. The van der Waals surface area contributed by atoms with Crippen LogP contribution in [-0.4, -0.2) is 41.4 Å². The van der Waals surface area contributed by atoms with E-state index < -0.39 is 6.17 Å². The number of alkyl halides is 1. The first-order valence-electron chi connectivity index (χ1n) is 12.3. The number of pyridine rings is 1. The van der Waals surface area contributed by atoms with Gasteiger partial charge in [0, 0.05) is 43.4 Å². The lowest BCUT2D eigenvalue weighted by Gasteiger charge is -2.11. The Morgan fingerprint density at radius 3 is 2.26 bits per heavy atom. The Hall–Kier alpha value is -2.86. The molecule has 0 fully saturated rings. The van der Waals surface area contributed by atoms with Crippen molar-refractivity contribution in [1.82, 2.24) is 15.0 Å². The van der Waals surface area contributed by atoms with Gasteiger partial charge in [0.05, 0.1) is 5.69 Å². The number of rotatable bonds is 15. The molecule has 2 heterocycles. The van der Waals surface area contributed by atoms with Crippen LogP contribution in [0.15, 0.2) is 55.0 Å². The van der Waals surface area contributed by atoms with Gasteiger partial charge in [-0.25, -0.2) is 14.4 Å². The summed E-state index contributed by atoms with van der Waals surface area (Å²) in [5.41, 5.74) is 3.89. The Kier molecular flexibility index (Phi) is 10.9. The van der Waals surface area contributed by atoms with Crippen LogP contribution >= 0.6 is 0 Å². The van der Waals surface area contributed by atoms with Gasteiger partial charge in [-0.15, -0.1) is 0 Å². The highest BCUT2D eigenvalue weighted by atomic mass is 19.1. The molecule has 1 atom stereocenters. The van der Waals surface area contributed by atoms with E-state index >= 15 is 0 Å². The van der Waals surface area contributed by atoms with Crippen LogP contribution in [0, 0.1) is 0 Å². The molecule has 0 aliphatic rings. The molecular formula is C28H36FN3O2. The Morgan fingerprint density at radius 1 is 0.824 bits per heavy atom. The molecule has 2 aromatic heterocycles. The van der Waals surface area contributed by atoms with Crippen LogP contribution in [0.2, 0.25) is 0 Å². The first-order valence-corrected chi connectivity index (χ1v) is 12.3. The molecule has 0 bridgehead atoms. The summed E-state index contributed by atoms with van der Waals surface area (Å²) >= 11 is 0. The number of aryl methyl sites for hydroxylation is 1. The molecule has 0 amide bonds. The van der Waals surface area contributed by atoms with E-state index in [9.17, 15) is 4.39 Å². The smallest absolute Gasteiger partial charge is 0.160 e. The quantitative estimate of drug-likeness (QED) is 0.229. The van der Waals surface area contributed by atoms with Gasteiger partial charge in [0.15, 0.2) is 5.82 Å². The van der Waals surface area contributed by atoms with Crippen LogP contribution in [0.5, 0.6) is 5.75 Å². The number of hydrogen-bond donors (Lipinski definition) is 0. The second-order valence-corrected chi connectivity index (χ2v) is 8.58. The number of methoxy groups -OCH3 is 1. The van der Waals surface area contributed by atoms with Crippen molar-refractivity contribution in [2.45, 2.75) is 64.5 Å². The summed E-state index contributed by atoms with van der Waals surface area (Å²) in [7, 11) is 1.69. The third-order valence-corrected chi connectivity index (χ3v) is 5.74. The molecule has 0 spiro atoms. The Balaban J connectivity index is 1.48. The van der Waals surface area contributed by atoms with Gasteiger partial charge in [-0.05, 0) is 67.6 Å². The molecule has 182 valence electrons. The molecule has 34 heavy (non-hydrogen) atoms. The van der Waals surface area contributed by atoms with E-state index in [0.717, 1.165) is 49.1 Å². The fourth-order valence-electron chi connectivity index (χ4n) is 3.69. The topological polar surface area (TPSA) is 57.1 Å². The SMILES string of the molecule is CCCCCc1cnc(-c2ccc(-c3ccc(OC[C@@H](F)CCCCCOC)cc3)nc2)nc1. The highest BCUT2D eigenvalue weighted by Crippen LogP contribution is 2.23. The van der Waals surface area contributed by atoms with E-state index in [2.05, 4.69) is 21.9 Å². The van der Waals surface area contributed by atoms with Crippen molar-refractivity contribution in [2.24, 2.45) is 0 Å². The number of unbranched alkanes of at least 4 members (excludes halogenated alkanes) is 4. The zero-order valence-corrected chi connectivity index (χ0v) is 20.4. The van der Waals surface area contributed by atoms with Gasteiger partial charge in [-0.1, -0.05) is 32.6 Å². The molecule has 0 aliphatic heterocycles. The van der Waals surface area contributed by atoms with Crippen LogP contribution in [0.3, 0.4) is 0 Å². The summed E-state index contributed by atoms with van der Waals surface area (Å²) in [4.78, 5) is 13.6. The maximum atomic E-state index is 14.0. The molecule has 0 saturated heterocycles. The van der Waals surface area contributed by atoms with Crippen molar-refractivity contribution in [1.29, 1.82) is 0 Å². The first-order chi connectivity index (χ1) is 16.7. The summed E-state index contributed by atoms with van der Waals surface area (Å²) in [5, 5.41) is 0. The lowest BCUT2D eigenvalue weighted by atomic mass is 10.1. The maximum absolute atomic E-state index is 14.0. The minimum atomic E-state index is -0.955. The van der Waals surface area contributed by atoms with E-state index in [0.29, 0.717) is 18.0 Å². The highest BCUT2D eigenvalue weighted by Gasteiger charge is 2.09. The fraction of sp³-hybridized carbons (Fsp3) is 0.464. The largest absolute Gasteiger partial charge is 0.491 e. The number of hydrogen-bond acceptors (Lipinski definition) is 5. The van der Waals surface area contributed by atoms with Gasteiger partial charge in [0.1, 0.15) is 18.5 Å². The average Bonchev–Trinajstić information content (AvgIpc) is 2.88. The van der Waals surface area contributed by atoms with Crippen molar-refractivity contribution in [2.75, 3.05) is 20.3 Å². The predicted octanol–water partition coefficient (Wildman–Crippen LogP) is 6.86. The summed E-state index contributed by atoms with van der Waals surface area (Å²) in [6.45, 7) is 3.01. The second-order valence-electron chi connectivity index (χ2n) is 8.58. The number of benzene rings is 1. The van der Waals surface area contributed by atoms with Crippen molar-refractivity contribution >= 4 is 0 Å². The Morgan fingerprint density at radius 2 is 1.59 bits per heavy atom. The van der Waals surface area contributed by atoms with Gasteiger partial charge in [0.2, 0.25) is 0 Å². The van der Waals surface area contributed by atoms with E-state index in [-0.39, 0.29) is 6.61 Å². The zero-order valence-electron chi connectivity index (χ0n) is 20.4. The van der Waals surface area contributed by atoms with E-state index in [1.807, 2.05) is 48.8 Å². The minimum absolute atomic E-state index is 0.0773. The average molecular weight is 466 g/mol. The number of nitrogens with zero attached hydrogens (tertiary/aromatic N) is 3. The minimum Gasteiger partial charge on any atom is -0.491 e. The lowest BCUT2D eigenvalue weighted by Crippen LogP contribution is -2.12. The predicted molar refractivity (Wildman–Crippen MR) is 135 cm³/mol. The summed E-state index contributed by atoms with van der Waals surface area (Å²) in [6.07, 6.45) is 12.6. The van der Waals surface area contributed by atoms with Gasteiger partial charge in [0.25, 0.3) is 0 Å². The number of aromatic nitrogens is 3. The normalized spacial score (nSPS) is 12.0. The van der Waals surface area contributed by atoms with E-state index in [4.69, 9.17) is 9.47 Å². The van der Waals surface area contributed by atoms with Crippen LogP contribution in [0.4, 0.5) is 4.39 Å². The number of ether oxygens (including phenoxy) is 2. The van der Waals surface area contributed by atoms with Crippen LogP contribution in [0.1, 0.15) is 57.4 Å². The standard InChI is InChI=1S/C28H36FN3O2/c1-3-4-6-9-22-18-31-28(32-19-22)24-13-16-27(30-20-24)23-11-14-26(15-12-23)34-21-25(29)10-7-5-8-17-33-2/h11-16,18-20,25H,3-10,17,21H2,1-2H3/t25-/m0/s1. The van der Waals surface area contributed by atoms with Crippen molar-refractivity contribution in [3.63, 3.8) is 0 Å². The van der Waals surface area contributed by atoms with Gasteiger partial charge in [-0.3, -0.25) is 4.98 Å². The molecule has 0 unspecified atom stereocenters. The van der Waals surface area contributed by atoms with Crippen molar-refractivity contribution in [3.8, 4) is 28.4 Å². The molecule has 1 aromatic carbocycles. The lowest BCUT2D eigenvalue weighted by molar-refractivity contribution is 0.175. The molecule has 5 nitrogen and oxygen atoms in total. The molecule has 0 saturated carbocycles. The van der Waals surface area contributed by atoms with Crippen molar-refractivity contribution < 1.29 is 13.9 Å². The Labute approximate surface area is 202 Å². The van der Waals surface area contributed by atoms with Crippen LogP contribution < -0.4 is 4.74 Å². The zero-order chi connectivity index (χ0) is 24.0. The summed E-state index contributed by atoms with van der Waals surface area (Å²) in [6, 6.07) is 11.5. The maximum Gasteiger partial charge on any atom is 0.160 e. The van der Waals surface area contributed by atoms with Gasteiger partial charge >= 0.3 is 0 Å².